The van der Waals surface area contributed by atoms with Crippen LogP contribution in [-0.2, 0) is 6.42 Å². The van der Waals surface area contributed by atoms with Gasteiger partial charge in [0.25, 0.3) is 0 Å². The van der Waals surface area contributed by atoms with E-state index in [-0.39, 0.29) is 24.8 Å². The fourth-order valence-corrected chi connectivity index (χ4v) is 2.60. The number of rotatable bonds is 3. The molecular weight excluding hydrogens is 293 g/mol. The highest BCUT2D eigenvalue weighted by Gasteiger charge is 2.17. The number of hydrogen-bond acceptors (Lipinski definition) is 2. The minimum Gasteiger partial charge on any atom is -0.345 e. The molecular formula is C15H21Cl2N3. The van der Waals surface area contributed by atoms with Crippen LogP contribution in [0, 0.1) is 0 Å². The summed E-state index contributed by atoms with van der Waals surface area (Å²) in [5, 5.41) is 3.40. The number of aromatic nitrogens is 2. The van der Waals surface area contributed by atoms with Crippen molar-refractivity contribution in [3.05, 3.63) is 53.6 Å². The van der Waals surface area contributed by atoms with Crippen molar-refractivity contribution in [2.45, 2.75) is 25.2 Å². The number of H-pyrrole nitrogens is 1. The number of hydrogen-bond donors (Lipinski definition) is 2. The van der Waals surface area contributed by atoms with Crippen molar-refractivity contribution in [1.29, 1.82) is 0 Å². The lowest BCUT2D eigenvalue weighted by Crippen LogP contribution is -2.26. The van der Waals surface area contributed by atoms with E-state index < -0.39 is 0 Å². The van der Waals surface area contributed by atoms with Crippen molar-refractivity contribution in [3.63, 3.8) is 0 Å². The molecule has 0 bridgehead atoms. The molecule has 2 N–H and O–H groups in total. The summed E-state index contributed by atoms with van der Waals surface area (Å²) in [6.07, 6.45) is 5.35. The quantitative estimate of drug-likeness (QED) is 0.912. The molecule has 1 aromatic carbocycles. The van der Waals surface area contributed by atoms with Gasteiger partial charge in [0.1, 0.15) is 5.82 Å². The first-order chi connectivity index (χ1) is 8.92. The van der Waals surface area contributed by atoms with Crippen LogP contribution in [0.15, 0.2) is 36.5 Å². The smallest absolute Gasteiger partial charge is 0.110 e. The molecule has 1 fully saturated rings. The Labute approximate surface area is 132 Å². The first-order valence-corrected chi connectivity index (χ1v) is 6.70. The van der Waals surface area contributed by atoms with Gasteiger partial charge in [0.2, 0.25) is 0 Å². The highest BCUT2D eigenvalue weighted by molar-refractivity contribution is 5.85. The zero-order valence-corrected chi connectivity index (χ0v) is 13.0. The standard InChI is InChI=1S/C15H19N3.2ClH/c1-2-4-12(5-3-1)10-15-17-11-14(18-15)13-6-8-16-9-7-13;;/h1-5,11,13,16H,6-10H2,(H,17,18);2*1H. The van der Waals surface area contributed by atoms with Crippen molar-refractivity contribution in [1.82, 2.24) is 15.3 Å². The second kappa shape index (κ2) is 8.30. The second-order valence-corrected chi connectivity index (χ2v) is 4.97. The van der Waals surface area contributed by atoms with Gasteiger partial charge in [0.15, 0.2) is 0 Å². The first-order valence-electron chi connectivity index (χ1n) is 6.70. The molecule has 1 saturated heterocycles. The van der Waals surface area contributed by atoms with Crippen LogP contribution in [0.3, 0.4) is 0 Å². The van der Waals surface area contributed by atoms with E-state index in [1.165, 1.54) is 24.1 Å². The molecule has 20 heavy (non-hydrogen) atoms. The third-order valence-corrected chi connectivity index (χ3v) is 3.64. The number of benzene rings is 1. The summed E-state index contributed by atoms with van der Waals surface area (Å²) in [5.74, 6) is 1.73. The summed E-state index contributed by atoms with van der Waals surface area (Å²) in [5.41, 5.74) is 2.62. The van der Waals surface area contributed by atoms with E-state index in [2.05, 4.69) is 39.6 Å². The van der Waals surface area contributed by atoms with E-state index in [0.717, 1.165) is 25.3 Å². The van der Waals surface area contributed by atoms with Gasteiger partial charge in [0.05, 0.1) is 0 Å². The van der Waals surface area contributed by atoms with E-state index in [0.29, 0.717) is 5.92 Å². The van der Waals surface area contributed by atoms with Gasteiger partial charge in [-0.05, 0) is 31.5 Å². The maximum atomic E-state index is 4.51. The molecule has 2 heterocycles. The lowest BCUT2D eigenvalue weighted by molar-refractivity contribution is 0.454. The summed E-state index contributed by atoms with van der Waals surface area (Å²) >= 11 is 0. The van der Waals surface area contributed by atoms with E-state index >= 15 is 0 Å². The summed E-state index contributed by atoms with van der Waals surface area (Å²) in [7, 11) is 0. The van der Waals surface area contributed by atoms with Gasteiger partial charge in [-0.15, -0.1) is 24.8 Å². The SMILES string of the molecule is Cl.Cl.c1ccc(Cc2ncc(C3CCNCC3)[nH]2)cc1. The van der Waals surface area contributed by atoms with Crippen LogP contribution in [0.5, 0.6) is 0 Å². The first kappa shape index (κ1) is 17.0. The fraction of sp³-hybridized carbons (Fsp3) is 0.400. The van der Waals surface area contributed by atoms with Crippen LogP contribution < -0.4 is 5.32 Å². The Morgan fingerprint density at radius 2 is 1.75 bits per heavy atom. The molecule has 0 aliphatic carbocycles. The van der Waals surface area contributed by atoms with E-state index in [1.807, 2.05) is 12.3 Å². The van der Waals surface area contributed by atoms with Gasteiger partial charge in [-0.3, -0.25) is 0 Å². The van der Waals surface area contributed by atoms with Gasteiger partial charge in [0, 0.05) is 24.2 Å². The zero-order valence-electron chi connectivity index (χ0n) is 11.3. The Hall–Kier alpha value is -1.03. The molecule has 1 aliphatic heterocycles. The molecule has 3 rings (SSSR count). The normalized spacial score (nSPS) is 15.2. The number of piperidine rings is 1. The summed E-state index contributed by atoms with van der Waals surface area (Å²) < 4.78 is 0. The van der Waals surface area contributed by atoms with E-state index in [1.54, 1.807) is 0 Å². The Morgan fingerprint density at radius 3 is 2.45 bits per heavy atom. The summed E-state index contributed by atoms with van der Waals surface area (Å²) in [6, 6.07) is 10.5. The molecule has 0 atom stereocenters. The Kier molecular flexibility index (Phi) is 7.06. The Balaban J connectivity index is 0.000001000. The van der Waals surface area contributed by atoms with E-state index in [9.17, 15) is 0 Å². The van der Waals surface area contributed by atoms with Gasteiger partial charge in [-0.1, -0.05) is 30.3 Å². The summed E-state index contributed by atoms with van der Waals surface area (Å²) in [6.45, 7) is 2.25. The maximum absolute atomic E-state index is 4.51. The highest BCUT2D eigenvalue weighted by atomic mass is 35.5. The lowest BCUT2D eigenvalue weighted by atomic mass is 9.95. The van der Waals surface area contributed by atoms with Crippen molar-refractivity contribution in [2.75, 3.05) is 13.1 Å². The third kappa shape index (κ3) is 4.23. The van der Waals surface area contributed by atoms with Crippen LogP contribution in [0.4, 0.5) is 0 Å². The fourth-order valence-electron chi connectivity index (χ4n) is 2.60. The van der Waals surface area contributed by atoms with E-state index in [4.69, 9.17) is 0 Å². The van der Waals surface area contributed by atoms with Crippen LogP contribution >= 0.6 is 24.8 Å². The largest absolute Gasteiger partial charge is 0.345 e. The van der Waals surface area contributed by atoms with Gasteiger partial charge < -0.3 is 10.3 Å². The minimum atomic E-state index is 0. The molecule has 3 nitrogen and oxygen atoms in total. The van der Waals surface area contributed by atoms with Crippen LogP contribution in [0.2, 0.25) is 0 Å². The molecule has 0 unspecified atom stereocenters. The molecule has 110 valence electrons. The van der Waals surface area contributed by atoms with Crippen LogP contribution in [0.25, 0.3) is 0 Å². The van der Waals surface area contributed by atoms with Crippen molar-refractivity contribution in [3.8, 4) is 0 Å². The van der Waals surface area contributed by atoms with Crippen molar-refractivity contribution in [2.24, 2.45) is 0 Å². The lowest BCUT2D eigenvalue weighted by Gasteiger charge is -2.21. The average molecular weight is 314 g/mol. The third-order valence-electron chi connectivity index (χ3n) is 3.64. The number of imidazole rings is 1. The second-order valence-electron chi connectivity index (χ2n) is 4.97. The van der Waals surface area contributed by atoms with Crippen molar-refractivity contribution < 1.29 is 0 Å². The summed E-state index contributed by atoms with van der Waals surface area (Å²) in [4.78, 5) is 8.00. The Morgan fingerprint density at radius 1 is 1.05 bits per heavy atom. The van der Waals surface area contributed by atoms with Gasteiger partial charge in [-0.2, -0.15) is 0 Å². The monoisotopic (exact) mass is 313 g/mol. The van der Waals surface area contributed by atoms with Gasteiger partial charge in [-0.25, -0.2) is 4.98 Å². The Bertz CT molecular complexity index is 493. The zero-order chi connectivity index (χ0) is 12.2. The average Bonchev–Trinajstić information content (AvgIpc) is 2.89. The molecule has 1 aromatic heterocycles. The molecule has 5 heteroatoms. The minimum absolute atomic E-state index is 0. The number of halogens is 2. The van der Waals surface area contributed by atoms with Crippen molar-refractivity contribution >= 4 is 24.8 Å². The highest BCUT2D eigenvalue weighted by Crippen LogP contribution is 2.23. The predicted octanol–water partition coefficient (Wildman–Crippen LogP) is 3.31. The molecule has 0 radical (unpaired) electrons. The number of aromatic amines is 1. The van der Waals surface area contributed by atoms with Gasteiger partial charge >= 0.3 is 0 Å². The molecule has 2 aromatic rings. The van der Waals surface area contributed by atoms with Crippen LogP contribution in [0.1, 0.15) is 35.8 Å². The van der Waals surface area contributed by atoms with Crippen LogP contribution in [-0.4, -0.2) is 23.1 Å². The topological polar surface area (TPSA) is 40.7 Å². The molecule has 0 saturated carbocycles. The maximum Gasteiger partial charge on any atom is 0.110 e. The number of nitrogens with zero attached hydrogens (tertiary/aromatic N) is 1. The predicted molar refractivity (Wildman–Crippen MR) is 87.2 cm³/mol. The molecule has 0 spiro atoms. The molecule has 1 aliphatic rings. The molecule has 0 amide bonds. The number of nitrogens with one attached hydrogen (secondary N) is 2.